The Morgan fingerprint density at radius 2 is 1.76 bits per heavy atom. The summed E-state index contributed by atoms with van der Waals surface area (Å²) in [6.07, 6.45) is -1.96. The van der Waals surface area contributed by atoms with Crippen molar-refractivity contribution in [3.05, 3.63) is 53.7 Å². The van der Waals surface area contributed by atoms with E-state index in [1.165, 1.54) is 26.4 Å². The minimum absolute atomic E-state index is 0.0467. The molecule has 204 valence electrons. The summed E-state index contributed by atoms with van der Waals surface area (Å²) in [6.45, 7) is 5.37. The van der Waals surface area contributed by atoms with Crippen molar-refractivity contribution in [3.63, 3.8) is 0 Å². The molecule has 2 rings (SSSR count). The van der Waals surface area contributed by atoms with Gasteiger partial charge in [-0.15, -0.1) is 0 Å². The fourth-order valence-electron chi connectivity index (χ4n) is 3.31. The zero-order chi connectivity index (χ0) is 27.3. The van der Waals surface area contributed by atoms with Gasteiger partial charge in [0.05, 0.1) is 20.0 Å². The van der Waals surface area contributed by atoms with E-state index in [4.69, 9.17) is 14.0 Å². The van der Waals surface area contributed by atoms with Crippen molar-refractivity contribution < 1.29 is 41.5 Å². The number of carbonyl (C=O) groups excluding carboxylic acids is 2. The fourth-order valence-corrected chi connectivity index (χ4v) is 3.31. The number of ether oxygens (including phenoxy) is 3. The van der Waals surface area contributed by atoms with E-state index in [-0.39, 0.29) is 24.5 Å². The molecule has 0 radical (unpaired) electrons. The molecule has 0 saturated carbocycles. The van der Waals surface area contributed by atoms with Crippen LogP contribution >= 0.6 is 0 Å². The number of aryl methyl sites for hydroxylation is 1. The normalized spacial score (nSPS) is 12.1. The molecule has 0 aliphatic rings. The first kappa shape index (κ1) is 29.9. The standard InChI is InChI=1S/C26H33F3N2O6/c1-4-5-6-7-8-9-10-22-30-23(37-31-22)15-18(2)25(33)36-21(26(27,28)29)16-24(32)35-17-19-11-13-20(34-3)14-12-19/h11-14,21H,2,4-10,15-17H2,1,3H3. The average molecular weight is 527 g/mol. The van der Waals surface area contributed by atoms with Crippen molar-refractivity contribution in [3.8, 4) is 5.75 Å². The largest absolute Gasteiger partial charge is 0.497 e. The van der Waals surface area contributed by atoms with Gasteiger partial charge in [-0.2, -0.15) is 18.2 Å². The van der Waals surface area contributed by atoms with Gasteiger partial charge in [-0.25, -0.2) is 4.79 Å². The molecule has 37 heavy (non-hydrogen) atoms. The van der Waals surface area contributed by atoms with Crippen LogP contribution in [0.3, 0.4) is 0 Å². The van der Waals surface area contributed by atoms with Crippen LogP contribution in [0.25, 0.3) is 0 Å². The molecule has 0 N–H and O–H groups in total. The number of carbonyl (C=O) groups is 2. The Morgan fingerprint density at radius 1 is 1.08 bits per heavy atom. The molecule has 0 saturated heterocycles. The summed E-state index contributed by atoms with van der Waals surface area (Å²) in [6, 6.07) is 6.45. The van der Waals surface area contributed by atoms with Crippen LogP contribution in [0.15, 0.2) is 40.9 Å². The zero-order valence-electron chi connectivity index (χ0n) is 21.1. The minimum Gasteiger partial charge on any atom is -0.497 e. The Kier molecular flexibility index (Phi) is 12.1. The lowest BCUT2D eigenvalue weighted by Crippen LogP contribution is -2.36. The van der Waals surface area contributed by atoms with E-state index in [0.29, 0.717) is 23.6 Å². The van der Waals surface area contributed by atoms with Gasteiger partial charge in [0.2, 0.25) is 12.0 Å². The molecule has 1 heterocycles. The number of hydrogen-bond donors (Lipinski definition) is 0. The van der Waals surface area contributed by atoms with Crippen LogP contribution in [0.1, 0.15) is 69.1 Å². The number of methoxy groups -OCH3 is 1. The molecule has 0 bridgehead atoms. The highest BCUT2D eigenvalue weighted by molar-refractivity contribution is 5.88. The average Bonchev–Trinajstić information content (AvgIpc) is 3.31. The summed E-state index contributed by atoms with van der Waals surface area (Å²) in [5.41, 5.74) is 0.245. The molecule has 0 spiro atoms. The molecule has 0 amide bonds. The number of rotatable bonds is 16. The topological polar surface area (TPSA) is 101 Å². The van der Waals surface area contributed by atoms with Crippen molar-refractivity contribution in [2.75, 3.05) is 7.11 Å². The number of halogens is 3. The number of hydrogen-bond acceptors (Lipinski definition) is 8. The van der Waals surface area contributed by atoms with E-state index in [9.17, 15) is 22.8 Å². The number of alkyl halides is 3. The molecule has 0 aliphatic carbocycles. The summed E-state index contributed by atoms with van der Waals surface area (Å²) in [4.78, 5) is 28.4. The van der Waals surface area contributed by atoms with E-state index in [0.717, 1.165) is 19.3 Å². The lowest BCUT2D eigenvalue weighted by molar-refractivity contribution is -0.222. The van der Waals surface area contributed by atoms with E-state index in [1.54, 1.807) is 24.3 Å². The second kappa shape index (κ2) is 15.0. The van der Waals surface area contributed by atoms with Gasteiger partial charge < -0.3 is 18.7 Å². The second-order valence-electron chi connectivity index (χ2n) is 8.55. The van der Waals surface area contributed by atoms with Crippen LogP contribution in [0.5, 0.6) is 5.75 Å². The zero-order valence-corrected chi connectivity index (χ0v) is 21.1. The molecule has 0 fully saturated rings. The predicted octanol–water partition coefficient (Wildman–Crippen LogP) is 5.69. The van der Waals surface area contributed by atoms with Gasteiger partial charge in [-0.3, -0.25) is 4.79 Å². The van der Waals surface area contributed by atoms with Crippen molar-refractivity contribution in [1.29, 1.82) is 0 Å². The smallest absolute Gasteiger partial charge is 0.426 e. The lowest BCUT2D eigenvalue weighted by atomic mass is 10.1. The van der Waals surface area contributed by atoms with E-state index >= 15 is 0 Å². The summed E-state index contributed by atoms with van der Waals surface area (Å²) in [7, 11) is 1.48. The van der Waals surface area contributed by atoms with Crippen molar-refractivity contribution in [1.82, 2.24) is 10.1 Å². The number of nitrogens with zero attached hydrogens (tertiary/aromatic N) is 2. The fraction of sp³-hybridized carbons (Fsp3) is 0.538. The first-order chi connectivity index (χ1) is 17.6. The summed E-state index contributed by atoms with van der Waals surface area (Å²) >= 11 is 0. The first-order valence-corrected chi connectivity index (χ1v) is 12.2. The minimum atomic E-state index is -4.98. The first-order valence-electron chi connectivity index (χ1n) is 12.2. The molecule has 8 nitrogen and oxygen atoms in total. The van der Waals surface area contributed by atoms with Crippen LogP contribution < -0.4 is 4.74 Å². The summed E-state index contributed by atoms with van der Waals surface area (Å²) in [5.74, 6) is -1.41. The highest BCUT2D eigenvalue weighted by atomic mass is 19.4. The van der Waals surface area contributed by atoms with Crippen molar-refractivity contribution in [2.24, 2.45) is 0 Å². The van der Waals surface area contributed by atoms with Crippen LogP contribution in [-0.2, 0) is 38.5 Å². The van der Waals surface area contributed by atoms with Gasteiger partial charge in [0, 0.05) is 12.0 Å². The molecule has 2 aromatic rings. The maximum atomic E-state index is 13.4. The van der Waals surface area contributed by atoms with Gasteiger partial charge in [0.25, 0.3) is 0 Å². The lowest BCUT2D eigenvalue weighted by Gasteiger charge is -2.20. The van der Waals surface area contributed by atoms with Gasteiger partial charge in [-0.1, -0.05) is 62.9 Å². The third-order valence-corrected chi connectivity index (χ3v) is 5.44. The number of benzene rings is 1. The van der Waals surface area contributed by atoms with Crippen LogP contribution in [0, 0.1) is 0 Å². The number of unbranched alkanes of at least 4 members (excludes halogenated alkanes) is 5. The highest BCUT2D eigenvalue weighted by Gasteiger charge is 2.45. The monoisotopic (exact) mass is 526 g/mol. The molecular formula is C26H33F3N2O6. The van der Waals surface area contributed by atoms with Crippen LogP contribution in [0.2, 0.25) is 0 Å². The maximum Gasteiger partial charge on any atom is 0.426 e. The molecule has 1 aromatic carbocycles. The van der Waals surface area contributed by atoms with Gasteiger partial charge in [0.15, 0.2) is 5.82 Å². The van der Waals surface area contributed by atoms with Gasteiger partial charge in [-0.05, 0) is 24.1 Å². The Morgan fingerprint density at radius 3 is 2.41 bits per heavy atom. The van der Waals surface area contributed by atoms with Gasteiger partial charge >= 0.3 is 18.1 Å². The Hall–Kier alpha value is -3.37. The Bertz CT molecular complexity index is 1000. The SMILES string of the molecule is C=C(Cc1nc(CCCCCCCC)no1)C(=O)OC(CC(=O)OCc1ccc(OC)cc1)C(F)(F)F. The van der Waals surface area contributed by atoms with E-state index < -0.39 is 30.6 Å². The van der Waals surface area contributed by atoms with Crippen molar-refractivity contribution >= 4 is 11.9 Å². The quantitative estimate of drug-likeness (QED) is 0.156. The molecular weight excluding hydrogens is 493 g/mol. The highest BCUT2D eigenvalue weighted by Crippen LogP contribution is 2.27. The third-order valence-electron chi connectivity index (χ3n) is 5.44. The maximum absolute atomic E-state index is 13.4. The molecule has 1 unspecified atom stereocenters. The number of aromatic nitrogens is 2. The number of esters is 2. The molecule has 1 aromatic heterocycles. The van der Waals surface area contributed by atoms with Crippen LogP contribution in [0.4, 0.5) is 13.2 Å². The third kappa shape index (κ3) is 11.1. The summed E-state index contributed by atoms with van der Waals surface area (Å²) < 4.78 is 59.8. The van der Waals surface area contributed by atoms with E-state index in [1.807, 2.05) is 0 Å². The van der Waals surface area contributed by atoms with Crippen molar-refractivity contribution in [2.45, 2.75) is 83.6 Å². The second-order valence-corrected chi connectivity index (χ2v) is 8.55. The van der Waals surface area contributed by atoms with Crippen LogP contribution in [-0.4, -0.2) is 41.5 Å². The molecule has 1 atom stereocenters. The predicted molar refractivity (Wildman–Crippen MR) is 128 cm³/mol. The molecule has 0 aliphatic heterocycles. The Balaban J connectivity index is 1.82. The Labute approximate surface area is 214 Å². The van der Waals surface area contributed by atoms with Gasteiger partial charge in [0.1, 0.15) is 12.4 Å². The molecule has 11 heteroatoms. The summed E-state index contributed by atoms with van der Waals surface area (Å²) in [5, 5.41) is 3.83. The van der Waals surface area contributed by atoms with E-state index in [2.05, 4.69) is 28.4 Å².